The smallest absolute Gasteiger partial charge is 0.0727 e. The topological polar surface area (TPSA) is 38.0 Å². The molecule has 2 aromatic rings. The van der Waals surface area contributed by atoms with E-state index in [1.807, 2.05) is 6.07 Å². The van der Waals surface area contributed by atoms with Gasteiger partial charge in [0.05, 0.1) is 6.04 Å². The second-order valence-electron chi connectivity index (χ2n) is 5.06. The average molecular weight is 309 g/mol. The first-order chi connectivity index (χ1) is 9.43. The summed E-state index contributed by atoms with van der Waals surface area (Å²) in [7, 11) is 0. The molecule has 0 spiro atoms. The first-order valence-electron chi connectivity index (χ1n) is 6.43. The fourth-order valence-electron chi connectivity index (χ4n) is 2.38. The first-order valence-corrected chi connectivity index (χ1v) is 7.18. The number of rotatable bonds is 3. The Hall–Kier alpha value is -1.06. The second kappa shape index (κ2) is 6.15. The van der Waals surface area contributed by atoms with E-state index in [-0.39, 0.29) is 6.04 Å². The monoisotopic (exact) mass is 308 g/mol. The Bertz CT molecular complexity index is 639. The van der Waals surface area contributed by atoms with Gasteiger partial charge in [0.2, 0.25) is 0 Å². The van der Waals surface area contributed by atoms with Crippen molar-refractivity contribution in [3.63, 3.8) is 0 Å². The maximum absolute atomic E-state index is 6.29. The standard InChI is InChI=1S/C16H18Cl2N2/c1-9-6-11(3)13(7-10(9)2)16(20-19)14-8-12(17)4-5-15(14)18/h4-8,16,20H,19H2,1-3H3. The number of nitrogens with one attached hydrogen (secondary N) is 1. The van der Waals surface area contributed by atoms with Gasteiger partial charge in [0.15, 0.2) is 0 Å². The summed E-state index contributed by atoms with van der Waals surface area (Å²) in [5, 5.41) is 1.29. The predicted octanol–water partition coefficient (Wildman–Crippen LogP) is 4.47. The normalized spacial score (nSPS) is 12.5. The second-order valence-corrected chi connectivity index (χ2v) is 5.90. The van der Waals surface area contributed by atoms with E-state index in [2.05, 4.69) is 38.3 Å². The predicted molar refractivity (Wildman–Crippen MR) is 86.3 cm³/mol. The average Bonchev–Trinajstić information content (AvgIpc) is 2.40. The Morgan fingerprint density at radius 3 is 2.20 bits per heavy atom. The Balaban J connectivity index is 2.58. The van der Waals surface area contributed by atoms with E-state index >= 15 is 0 Å². The van der Waals surface area contributed by atoms with Crippen LogP contribution in [0.4, 0.5) is 0 Å². The third-order valence-corrected chi connectivity index (χ3v) is 4.21. The van der Waals surface area contributed by atoms with E-state index in [1.54, 1.807) is 12.1 Å². The maximum atomic E-state index is 6.29. The maximum Gasteiger partial charge on any atom is 0.0727 e. The van der Waals surface area contributed by atoms with Gasteiger partial charge < -0.3 is 0 Å². The SMILES string of the molecule is Cc1cc(C)c(C(NN)c2cc(Cl)ccc2Cl)cc1C. The lowest BCUT2D eigenvalue weighted by Gasteiger charge is -2.22. The number of benzene rings is 2. The molecule has 0 fully saturated rings. The molecule has 4 heteroatoms. The molecule has 0 aliphatic heterocycles. The Morgan fingerprint density at radius 2 is 1.55 bits per heavy atom. The Labute approximate surface area is 129 Å². The molecule has 1 unspecified atom stereocenters. The summed E-state index contributed by atoms with van der Waals surface area (Å²) in [6.07, 6.45) is 0. The van der Waals surface area contributed by atoms with Crippen LogP contribution >= 0.6 is 23.2 Å². The number of hydrogen-bond acceptors (Lipinski definition) is 2. The fourth-order valence-corrected chi connectivity index (χ4v) is 2.78. The number of nitrogens with two attached hydrogens (primary N) is 1. The molecule has 3 N–H and O–H groups in total. The van der Waals surface area contributed by atoms with Crippen molar-refractivity contribution >= 4 is 23.2 Å². The van der Waals surface area contributed by atoms with Crippen molar-refractivity contribution in [2.45, 2.75) is 26.8 Å². The first kappa shape index (κ1) is 15.3. The quantitative estimate of drug-likeness (QED) is 0.648. The molecule has 0 aliphatic carbocycles. The van der Waals surface area contributed by atoms with Gasteiger partial charge in [0.25, 0.3) is 0 Å². The molecule has 0 aromatic heterocycles. The third kappa shape index (κ3) is 2.99. The molecular formula is C16H18Cl2N2. The van der Waals surface area contributed by atoms with Gasteiger partial charge in [0, 0.05) is 10.0 Å². The number of aryl methyl sites for hydroxylation is 3. The van der Waals surface area contributed by atoms with Crippen LogP contribution in [0.3, 0.4) is 0 Å². The summed E-state index contributed by atoms with van der Waals surface area (Å²) in [6.45, 7) is 6.26. The van der Waals surface area contributed by atoms with Crippen LogP contribution < -0.4 is 11.3 Å². The van der Waals surface area contributed by atoms with Crippen LogP contribution in [0.5, 0.6) is 0 Å². The highest BCUT2D eigenvalue weighted by Gasteiger charge is 2.18. The zero-order valence-electron chi connectivity index (χ0n) is 11.8. The van der Waals surface area contributed by atoms with E-state index < -0.39 is 0 Å². The number of hydrogen-bond donors (Lipinski definition) is 2. The van der Waals surface area contributed by atoms with E-state index in [9.17, 15) is 0 Å². The van der Waals surface area contributed by atoms with Gasteiger partial charge in [0.1, 0.15) is 0 Å². The molecule has 0 saturated carbocycles. The van der Waals surface area contributed by atoms with E-state index in [4.69, 9.17) is 29.0 Å². The molecule has 2 aromatic carbocycles. The highest BCUT2D eigenvalue weighted by atomic mass is 35.5. The summed E-state index contributed by atoms with van der Waals surface area (Å²) < 4.78 is 0. The zero-order chi connectivity index (χ0) is 14.9. The molecule has 0 bridgehead atoms. The van der Waals surface area contributed by atoms with Gasteiger partial charge in [-0.2, -0.15) is 0 Å². The van der Waals surface area contributed by atoms with Crippen molar-refractivity contribution in [1.29, 1.82) is 0 Å². The van der Waals surface area contributed by atoms with Crippen molar-refractivity contribution in [3.05, 3.63) is 68.2 Å². The molecular weight excluding hydrogens is 291 g/mol. The highest BCUT2D eigenvalue weighted by molar-refractivity contribution is 6.33. The molecule has 1 atom stereocenters. The lowest BCUT2D eigenvalue weighted by atomic mass is 9.92. The number of halogens is 2. The Kier molecular flexibility index (Phi) is 4.71. The molecule has 2 nitrogen and oxygen atoms in total. The molecule has 2 rings (SSSR count). The van der Waals surface area contributed by atoms with E-state index in [1.165, 1.54) is 16.7 Å². The lowest BCUT2D eigenvalue weighted by Crippen LogP contribution is -2.29. The molecule has 0 aliphatic rings. The zero-order valence-corrected chi connectivity index (χ0v) is 13.3. The summed E-state index contributed by atoms with van der Waals surface area (Å²) in [6, 6.07) is 9.54. The van der Waals surface area contributed by atoms with Crippen LogP contribution in [0.25, 0.3) is 0 Å². The molecule has 106 valence electrons. The third-order valence-electron chi connectivity index (χ3n) is 3.63. The van der Waals surface area contributed by atoms with Crippen LogP contribution in [0.1, 0.15) is 33.9 Å². The van der Waals surface area contributed by atoms with Gasteiger partial charge in [-0.15, -0.1) is 0 Å². The summed E-state index contributed by atoms with van der Waals surface area (Å²) in [5.74, 6) is 5.76. The molecule has 0 radical (unpaired) electrons. The van der Waals surface area contributed by atoms with Crippen molar-refractivity contribution < 1.29 is 0 Å². The van der Waals surface area contributed by atoms with Gasteiger partial charge in [-0.1, -0.05) is 35.3 Å². The molecule has 0 saturated heterocycles. The van der Waals surface area contributed by atoms with E-state index in [0.29, 0.717) is 10.0 Å². The van der Waals surface area contributed by atoms with Gasteiger partial charge in [-0.3, -0.25) is 5.84 Å². The molecule has 20 heavy (non-hydrogen) atoms. The molecule has 0 heterocycles. The van der Waals surface area contributed by atoms with Crippen LogP contribution in [0.2, 0.25) is 10.0 Å². The minimum Gasteiger partial charge on any atom is -0.271 e. The van der Waals surface area contributed by atoms with Crippen molar-refractivity contribution in [2.75, 3.05) is 0 Å². The van der Waals surface area contributed by atoms with Crippen LogP contribution in [0.15, 0.2) is 30.3 Å². The summed E-state index contributed by atoms with van der Waals surface area (Å²) in [5.41, 5.74) is 8.50. The number of hydrazine groups is 1. The fraction of sp³-hybridized carbons (Fsp3) is 0.250. The van der Waals surface area contributed by atoms with Crippen molar-refractivity contribution in [1.82, 2.24) is 5.43 Å². The minimum atomic E-state index is -0.180. The minimum absolute atomic E-state index is 0.180. The lowest BCUT2D eigenvalue weighted by molar-refractivity contribution is 0.633. The molecule has 0 amide bonds. The van der Waals surface area contributed by atoms with Crippen molar-refractivity contribution in [3.8, 4) is 0 Å². The Morgan fingerprint density at radius 1 is 0.900 bits per heavy atom. The van der Waals surface area contributed by atoms with Crippen molar-refractivity contribution in [2.24, 2.45) is 5.84 Å². The summed E-state index contributed by atoms with van der Waals surface area (Å²) in [4.78, 5) is 0. The summed E-state index contributed by atoms with van der Waals surface area (Å²) >= 11 is 12.4. The van der Waals surface area contributed by atoms with Crippen LogP contribution in [-0.4, -0.2) is 0 Å². The largest absolute Gasteiger partial charge is 0.271 e. The van der Waals surface area contributed by atoms with Gasteiger partial charge >= 0.3 is 0 Å². The van der Waals surface area contributed by atoms with E-state index in [0.717, 1.165) is 11.1 Å². The van der Waals surface area contributed by atoms with Gasteiger partial charge in [-0.25, -0.2) is 5.43 Å². The van der Waals surface area contributed by atoms with Gasteiger partial charge in [-0.05, 0) is 66.8 Å². The van der Waals surface area contributed by atoms with Crippen LogP contribution in [-0.2, 0) is 0 Å². The highest BCUT2D eigenvalue weighted by Crippen LogP contribution is 2.32. The van der Waals surface area contributed by atoms with Crippen LogP contribution in [0, 0.1) is 20.8 Å².